The van der Waals surface area contributed by atoms with Crippen molar-refractivity contribution in [1.82, 2.24) is 4.98 Å². The quantitative estimate of drug-likeness (QED) is 0.653. The number of nitrogens with zero attached hydrogens (tertiary/aromatic N) is 2. The summed E-state index contributed by atoms with van der Waals surface area (Å²) in [5.41, 5.74) is 0.274. The summed E-state index contributed by atoms with van der Waals surface area (Å²) < 4.78 is 17.0. The molecule has 0 unspecified atom stereocenters. The molecule has 1 heterocycles. The summed E-state index contributed by atoms with van der Waals surface area (Å²) in [6, 6.07) is 2.79. The maximum absolute atomic E-state index is 12.6. The van der Waals surface area contributed by atoms with Crippen LogP contribution in [0.25, 0.3) is 0 Å². The number of hydrogen-bond donors (Lipinski definition) is 0. The summed E-state index contributed by atoms with van der Waals surface area (Å²) in [6.07, 6.45) is 0.832. The Morgan fingerprint density at radius 3 is 3.07 bits per heavy atom. The largest absolute Gasteiger partial charge is 0.469 e. The summed E-state index contributed by atoms with van der Waals surface area (Å²) in [4.78, 5) is 14.5. The van der Waals surface area contributed by atoms with Crippen LogP contribution in [0.5, 0.6) is 0 Å². The Morgan fingerprint density at radius 2 is 2.50 bits per heavy atom. The van der Waals surface area contributed by atoms with Gasteiger partial charge in [-0.15, -0.1) is 0 Å². The number of carbonyl (C=O) groups is 1. The third kappa shape index (κ3) is 2.26. The molecule has 14 heavy (non-hydrogen) atoms. The number of pyridine rings is 1. The van der Waals surface area contributed by atoms with Crippen molar-refractivity contribution in [3.8, 4) is 6.07 Å². The van der Waals surface area contributed by atoms with E-state index in [1.165, 1.54) is 7.11 Å². The van der Waals surface area contributed by atoms with Crippen molar-refractivity contribution in [3.63, 3.8) is 0 Å². The number of aromatic nitrogens is 1. The van der Waals surface area contributed by atoms with Gasteiger partial charge in [-0.25, -0.2) is 4.39 Å². The van der Waals surface area contributed by atoms with Gasteiger partial charge >= 0.3 is 5.97 Å². The summed E-state index contributed by atoms with van der Waals surface area (Å²) in [5, 5.41) is 8.62. The zero-order valence-electron chi connectivity index (χ0n) is 7.45. The first-order chi connectivity index (χ1) is 6.67. The SMILES string of the molecule is COC(=O)Cc1ncc(F)cc1C#N. The number of halogens is 1. The van der Waals surface area contributed by atoms with E-state index in [-0.39, 0.29) is 17.7 Å². The molecule has 0 amide bonds. The summed E-state index contributed by atoms with van der Waals surface area (Å²) in [5.74, 6) is -1.12. The Balaban J connectivity index is 2.98. The predicted octanol–water partition coefficient (Wildman–Crippen LogP) is 0.808. The van der Waals surface area contributed by atoms with Crippen molar-refractivity contribution in [2.45, 2.75) is 6.42 Å². The second-order valence-electron chi connectivity index (χ2n) is 2.51. The molecule has 0 saturated carbocycles. The van der Waals surface area contributed by atoms with Crippen molar-refractivity contribution in [3.05, 3.63) is 29.3 Å². The van der Waals surface area contributed by atoms with E-state index in [2.05, 4.69) is 9.72 Å². The van der Waals surface area contributed by atoms with Gasteiger partial charge < -0.3 is 4.74 Å². The number of esters is 1. The molecule has 0 aliphatic carbocycles. The number of methoxy groups -OCH3 is 1. The molecule has 1 aromatic rings. The fourth-order valence-electron chi connectivity index (χ4n) is 0.914. The molecule has 1 aromatic heterocycles. The van der Waals surface area contributed by atoms with Gasteiger partial charge in [-0.3, -0.25) is 9.78 Å². The smallest absolute Gasteiger partial charge is 0.311 e. The number of ether oxygens (including phenoxy) is 1. The second-order valence-corrected chi connectivity index (χ2v) is 2.51. The molecule has 72 valence electrons. The first kappa shape index (κ1) is 10.1. The van der Waals surface area contributed by atoms with Crippen molar-refractivity contribution in [1.29, 1.82) is 5.26 Å². The molecule has 0 aromatic carbocycles. The molecular formula is C9H7FN2O2. The van der Waals surface area contributed by atoms with Crippen molar-refractivity contribution < 1.29 is 13.9 Å². The summed E-state index contributed by atoms with van der Waals surface area (Å²) in [6.45, 7) is 0. The number of carbonyl (C=O) groups excluding carboxylic acids is 1. The molecule has 0 fully saturated rings. The van der Waals surface area contributed by atoms with Gasteiger partial charge in [-0.2, -0.15) is 5.26 Å². The molecular weight excluding hydrogens is 187 g/mol. The van der Waals surface area contributed by atoms with E-state index in [9.17, 15) is 9.18 Å². The Morgan fingerprint density at radius 1 is 1.79 bits per heavy atom. The lowest BCUT2D eigenvalue weighted by molar-refractivity contribution is -0.139. The topological polar surface area (TPSA) is 63.0 Å². The van der Waals surface area contributed by atoms with Crippen LogP contribution in [-0.2, 0) is 16.0 Å². The first-order valence-corrected chi connectivity index (χ1v) is 3.78. The van der Waals surface area contributed by atoms with E-state index in [0.29, 0.717) is 0 Å². The lowest BCUT2D eigenvalue weighted by atomic mass is 10.1. The van der Waals surface area contributed by atoms with Crippen LogP contribution in [0, 0.1) is 17.1 Å². The van der Waals surface area contributed by atoms with Crippen LogP contribution in [0.4, 0.5) is 4.39 Å². The Kier molecular flexibility index (Phi) is 3.13. The van der Waals surface area contributed by atoms with Crippen LogP contribution in [0.3, 0.4) is 0 Å². The highest BCUT2D eigenvalue weighted by molar-refractivity contribution is 5.72. The molecule has 0 aliphatic rings. The molecule has 0 N–H and O–H groups in total. The van der Waals surface area contributed by atoms with Crippen LogP contribution in [0.2, 0.25) is 0 Å². The summed E-state index contributed by atoms with van der Waals surface area (Å²) >= 11 is 0. The van der Waals surface area contributed by atoms with Gasteiger partial charge in [0.15, 0.2) is 0 Å². The lowest BCUT2D eigenvalue weighted by Gasteiger charge is -2.00. The zero-order chi connectivity index (χ0) is 10.6. The van der Waals surface area contributed by atoms with E-state index >= 15 is 0 Å². The monoisotopic (exact) mass is 194 g/mol. The van der Waals surface area contributed by atoms with Gasteiger partial charge in [0, 0.05) is 0 Å². The third-order valence-electron chi connectivity index (χ3n) is 1.60. The molecule has 5 heteroatoms. The third-order valence-corrected chi connectivity index (χ3v) is 1.60. The number of nitriles is 1. The minimum absolute atomic E-state index is 0.0513. The molecule has 0 radical (unpaired) electrons. The van der Waals surface area contributed by atoms with Gasteiger partial charge in [0.05, 0.1) is 31.0 Å². The van der Waals surface area contributed by atoms with Crippen molar-refractivity contribution >= 4 is 5.97 Å². The average Bonchev–Trinajstić information content (AvgIpc) is 2.20. The minimum atomic E-state index is -0.602. The fourth-order valence-corrected chi connectivity index (χ4v) is 0.914. The van der Waals surface area contributed by atoms with Gasteiger partial charge in [0.2, 0.25) is 0 Å². The lowest BCUT2D eigenvalue weighted by Crippen LogP contribution is -2.08. The molecule has 4 nitrogen and oxygen atoms in total. The van der Waals surface area contributed by atoms with E-state index < -0.39 is 11.8 Å². The number of rotatable bonds is 2. The van der Waals surface area contributed by atoms with E-state index in [4.69, 9.17) is 5.26 Å². The molecule has 0 aliphatic heterocycles. The first-order valence-electron chi connectivity index (χ1n) is 3.78. The zero-order valence-corrected chi connectivity index (χ0v) is 7.45. The van der Waals surface area contributed by atoms with Crippen LogP contribution < -0.4 is 0 Å². The Bertz CT molecular complexity index is 398. The van der Waals surface area contributed by atoms with Crippen molar-refractivity contribution in [2.24, 2.45) is 0 Å². The van der Waals surface area contributed by atoms with Crippen LogP contribution >= 0.6 is 0 Å². The molecule has 0 spiro atoms. The molecule has 0 atom stereocenters. The van der Waals surface area contributed by atoms with E-state index in [1.807, 2.05) is 0 Å². The van der Waals surface area contributed by atoms with Crippen LogP contribution in [-0.4, -0.2) is 18.1 Å². The highest BCUT2D eigenvalue weighted by atomic mass is 19.1. The average molecular weight is 194 g/mol. The second kappa shape index (κ2) is 4.33. The molecule has 0 saturated heterocycles. The van der Waals surface area contributed by atoms with Gasteiger partial charge in [-0.1, -0.05) is 0 Å². The van der Waals surface area contributed by atoms with E-state index in [0.717, 1.165) is 12.3 Å². The highest BCUT2D eigenvalue weighted by Gasteiger charge is 2.10. The van der Waals surface area contributed by atoms with Crippen LogP contribution in [0.15, 0.2) is 12.3 Å². The maximum Gasteiger partial charge on any atom is 0.311 e. The Labute approximate surface area is 79.9 Å². The van der Waals surface area contributed by atoms with E-state index in [1.54, 1.807) is 6.07 Å². The standard InChI is InChI=1S/C9H7FN2O2/c1-14-9(13)3-8-6(4-11)2-7(10)5-12-8/h2,5H,3H2,1H3. The predicted molar refractivity (Wildman–Crippen MR) is 44.6 cm³/mol. The van der Waals surface area contributed by atoms with Gasteiger partial charge in [-0.05, 0) is 6.07 Å². The van der Waals surface area contributed by atoms with Crippen LogP contribution in [0.1, 0.15) is 11.3 Å². The number of hydrogen-bond acceptors (Lipinski definition) is 4. The molecule has 0 bridgehead atoms. The minimum Gasteiger partial charge on any atom is -0.469 e. The maximum atomic E-state index is 12.6. The fraction of sp³-hybridized carbons (Fsp3) is 0.222. The Hall–Kier alpha value is -1.96. The van der Waals surface area contributed by atoms with Gasteiger partial charge in [0.1, 0.15) is 11.9 Å². The van der Waals surface area contributed by atoms with Gasteiger partial charge in [0.25, 0.3) is 0 Å². The van der Waals surface area contributed by atoms with Crippen molar-refractivity contribution in [2.75, 3.05) is 7.11 Å². The highest BCUT2D eigenvalue weighted by Crippen LogP contribution is 2.07. The normalized spacial score (nSPS) is 9.21. The molecule has 1 rings (SSSR count). The summed E-state index contributed by atoms with van der Waals surface area (Å²) in [7, 11) is 1.23.